The Labute approximate surface area is 127 Å². The van der Waals surface area contributed by atoms with Gasteiger partial charge in [0.2, 0.25) is 0 Å². The number of para-hydroxylation sites is 1. The van der Waals surface area contributed by atoms with Gasteiger partial charge in [0.1, 0.15) is 5.69 Å². The Morgan fingerprint density at radius 3 is 2.32 bits per heavy atom. The van der Waals surface area contributed by atoms with E-state index >= 15 is 0 Å². The van der Waals surface area contributed by atoms with Gasteiger partial charge in [-0.25, -0.2) is 0 Å². The molecule has 0 aliphatic rings. The zero-order valence-corrected chi connectivity index (χ0v) is 12.1. The molecule has 0 heterocycles. The number of methoxy groups -OCH3 is 1. The number of ether oxygens (including phenoxy) is 1. The Hall–Kier alpha value is -2.88. The maximum atomic E-state index is 11.7. The van der Waals surface area contributed by atoms with Gasteiger partial charge in [-0.15, -0.1) is 0 Å². The largest absolute Gasteiger partial charge is 0.491 e. The first-order valence-electron chi connectivity index (χ1n) is 6.97. The number of nitrogens with one attached hydrogen (secondary N) is 1. The molecule has 0 amide bonds. The van der Waals surface area contributed by atoms with Gasteiger partial charge in [0, 0.05) is 5.69 Å². The van der Waals surface area contributed by atoms with Crippen molar-refractivity contribution in [1.82, 2.24) is 0 Å². The summed E-state index contributed by atoms with van der Waals surface area (Å²) in [4.78, 5) is 23.1. The van der Waals surface area contributed by atoms with Crippen LogP contribution in [-0.2, 0) is 6.42 Å². The minimum Gasteiger partial charge on any atom is -0.491 e. The molecule has 0 atom stereocenters. The number of rotatable bonds is 5. The molecule has 3 rings (SSSR count). The average Bonchev–Trinajstić information content (AvgIpc) is 2.56. The molecule has 4 nitrogen and oxygen atoms in total. The van der Waals surface area contributed by atoms with Gasteiger partial charge in [-0.1, -0.05) is 48.5 Å². The van der Waals surface area contributed by atoms with Crippen molar-refractivity contribution in [3.05, 3.63) is 86.2 Å². The minimum absolute atomic E-state index is 0.0968. The molecule has 0 aliphatic heterocycles. The van der Waals surface area contributed by atoms with Crippen LogP contribution in [0.5, 0.6) is 5.75 Å². The molecule has 0 radical (unpaired) electrons. The lowest BCUT2D eigenvalue weighted by Gasteiger charge is -2.15. The second-order valence-electron chi connectivity index (χ2n) is 5.01. The summed E-state index contributed by atoms with van der Waals surface area (Å²) in [6.07, 6.45) is 0.738. The fourth-order valence-corrected chi connectivity index (χ4v) is 2.43. The molecule has 1 N–H and O–H groups in total. The van der Waals surface area contributed by atoms with Crippen LogP contribution in [0, 0.1) is 0 Å². The minimum atomic E-state index is -0.578. The number of anilines is 2. The summed E-state index contributed by atoms with van der Waals surface area (Å²) < 4.78 is 4.96. The van der Waals surface area contributed by atoms with E-state index in [0.717, 1.165) is 17.7 Å². The van der Waals surface area contributed by atoms with E-state index in [2.05, 4.69) is 17.4 Å². The molecule has 0 saturated carbocycles. The van der Waals surface area contributed by atoms with E-state index in [1.807, 2.05) is 42.5 Å². The first kappa shape index (κ1) is 14.1. The summed E-state index contributed by atoms with van der Waals surface area (Å²) in [5.41, 5.74) is 2.14. The van der Waals surface area contributed by atoms with Crippen LogP contribution in [-0.4, -0.2) is 7.11 Å². The number of hydrogen-bond donors (Lipinski definition) is 1. The monoisotopic (exact) mass is 293 g/mol. The summed E-state index contributed by atoms with van der Waals surface area (Å²) in [6.45, 7) is 0. The summed E-state index contributed by atoms with van der Waals surface area (Å²) in [7, 11) is 1.39. The zero-order chi connectivity index (χ0) is 15.5. The SMILES string of the molecule is COc1c(Nc2ccccc2Cc2ccccc2)c(=O)c1=O. The normalized spacial score (nSPS) is 10.6. The van der Waals surface area contributed by atoms with Crippen molar-refractivity contribution in [2.45, 2.75) is 6.42 Å². The van der Waals surface area contributed by atoms with Crippen molar-refractivity contribution in [3.63, 3.8) is 0 Å². The van der Waals surface area contributed by atoms with Crippen molar-refractivity contribution in [3.8, 4) is 5.75 Å². The fourth-order valence-electron chi connectivity index (χ4n) is 2.43. The van der Waals surface area contributed by atoms with Gasteiger partial charge in [0.05, 0.1) is 7.11 Å². The van der Waals surface area contributed by atoms with E-state index in [-0.39, 0.29) is 11.4 Å². The fraction of sp³-hybridized carbons (Fsp3) is 0.111. The topological polar surface area (TPSA) is 55.4 Å². The quantitative estimate of drug-likeness (QED) is 0.735. The van der Waals surface area contributed by atoms with Crippen molar-refractivity contribution in [2.24, 2.45) is 0 Å². The molecule has 0 fully saturated rings. The molecule has 0 bridgehead atoms. The molecule has 22 heavy (non-hydrogen) atoms. The Morgan fingerprint density at radius 1 is 0.909 bits per heavy atom. The maximum absolute atomic E-state index is 11.7. The molecular formula is C18H15NO3. The van der Waals surface area contributed by atoms with E-state index in [1.165, 1.54) is 12.7 Å². The smallest absolute Gasteiger partial charge is 0.272 e. The van der Waals surface area contributed by atoms with Crippen LogP contribution in [0.3, 0.4) is 0 Å². The zero-order valence-electron chi connectivity index (χ0n) is 12.1. The summed E-state index contributed by atoms with van der Waals surface area (Å²) in [5, 5.41) is 3.03. The van der Waals surface area contributed by atoms with Crippen LogP contribution < -0.4 is 20.9 Å². The predicted octanol–water partition coefficient (Wildman–Crippen LogP) is 2.63. The molecule has 4 heteroatoms. The van der Waals surface area contributed by atoms with E-state index in [1.54, 1.807) is 0 Å². The molecule has 3 aromatic carbocycles. The second-order valence-corrected chi connectivity index (χ2v) is 5.01. The molecular weight excluding hydrogens is 278 g/mol. The molecule has 0 saturated heterocycles. The highest BCUT2D eigenvalue weighted by molar-refractivity contribution is 5.71. The highest BCUT2D eigenvalue weighted by atomic mass is 16.5. The number of hydrogen-bond acceptors (Lipinski definition) is 4. The highest BCUT2D eigenvalue weighted by Gasteiger charge is 2.22. The lowest BCUT2D eigenvalue weighted by molar-refractivity contribution is 0.408. The molecule has 110 valence electrons. The van der Waals surface area contributed by atoms with Crippen LogP contribution in [0.4, 0.5) is 11.4 Å². The molecule has 3 aromatic rings. The summed E-state index contributed by atoms with van der Waals surface area (Å²) >= 11 is 0. The lowest BCUT2D eigenvalue weighted by Crippen LogP contribution is -2.34. The third-order valence-corrected chi connectivity index (χ3v) is 3.59. The predicted molar refractivity (Wildman–Crippen MR) is 86.9 cm³/mol. The Bertz CT molecular complexity index is 862. The van der Waals surface area contributed by atoms with Crippen molar-refractivity contribution in [2.75, 3.05) is 12.4 Å². The van der Waals surface area contributed by atoms with Crippen LogP contribution >= 0.6 is 0 Å². The third kappa shape index (κ3) is 2.51. The van der Waals surface area contributed by atoms with Gasteiger partial charge in [-0.05, 0) is 23.6 Å². The van der Waals surface area contributed by atoms with Crippen molar-refractivity contribution >= 4 is 11.4 Å². The second kappa shape index (κ2) is 5.85. The highest BCUT2D eigenvalue weighted by Crippen LogP contribution is 2.26. The first-order chi connectivity index (χ1) is 10.7. The van der Waals surface area contributed by atoms with Gasteiger partial charge >= 0.3 is 0 Å². The average molecular weight is 293 g/mol. The molecule has 0 aliphatic carbocycles. The van der Waals surface area contributed by atoms with Gasteiger partial charge in [0.25, 0.3) is 10.9 Å². The van der Waals surface area contributed by atoms with Crippen LogP contribution in [0.15, 0.2) is 64.2 Å². The Morgan fingerprint density at radius 2 is 1.59 bits per heavy atom. The van der Waals surface area contributed by atoms with Crippen molar-refractivity contribution in [1.29, 1.82) is 0 Å². The van der Waals surface area contributed by atoms with Gasteiger partial charge in [-0.3, -0.25) is 9.59 Å². The van der Waals surface area contributed by atoms with Gasteiger partial charge in [0.15, 0.2) is 5.75 Å². The Kier molecular flexibility index (Phi) is 3.74. The van der Waals surface area contributed by atoms with E-state index < -0.39 is 10.9 Å². The molecule has 0 spiro atoms. The molecule has 0 aromatic heterocycles. The standard InChI is InChI=1S/C18H15NO3/c1-22-18-15(16(20)17(18)21)19-14-10-6-5-9-13(14)11-12-7-3-2-4-8-12/h2-10,19H,11H2,1H3. The van der Waals surface area contributed by atoms with E-state index in [4.69, 9.17) is 4.74 Å². The maximum Gasteiger partial charge on any atom is 0.272 e. The van der Waals surface area contributed by atoms with Crippen LogP contribution in [0.2, 0.25) is 0 Å². The van der Waals surface area contributed by atoms with Gasteiger partial charge in [-0.2, -0.15) is 0 Å². The summed E-state index contributed by atoms with van der Waals surface area (Å²) in [6, 6.07) is 17.8. The van der Waals surface area contributed by atoms with Crippen LogP contribution in [0.25, 0.3) is 0 Å². The van der Waals surface area contributed by atoms with Crippen molar-refractivity contribution < 1.29 is 4.74 Å². The summed E-state index contributed by atoms with van der Waals surface area (Å²) in [5.74, 6) is 0.0968. The van der Waals surface area contributed by atoms with Crippen LogP contribution in [0.1, 0.15) is 11.1 Å². The van der Waals surface area contributed by atoms with Gasteiger partial charge < -0.3 is 10.1 Å². The Balaban J connectivity index is 1.90. The lowest BCUT2D eigenvalue weighted by atomic mass is 10.0. The number of benzene rings is 2. The van der Waals surface area contributed by atoms with E-state index in [0.29, 0.717) is 0 Å². The first-order valence-corrected chi connectivity index (χ1v) is 6.97. The van der Waals surface area contributed by atoms with E-state index in [9.17, 15) is 9.59 Å². The third-order valence-electron chi connectivity index (χ3n) is 3.59. The molecule has 0 unspecified atom stereocenters.